The van der Waals surface area contributed by atoms with Crippen molar-refractivity contribution < 1.29 is 14.3 Å². The van der Waals surface area contributed by atoms with E-state index in [1.54, 1.807) is 4.90 Å². The Kier molecular flexibility index (Phi) is 4.39. The molecule has 1 heterocycles. The van der Waals surface area contributed by atoms with Crippen molar-refractivity contribution in [3.05, 3.63) is 35.4 Å². The van der Waals surface area contributed by atoms with Crippen LogP contribution in [0.3, 0.4) is 0 Å². The van der Waals surface area contributed by atoms with Crippen LogP contribution in [0.1, 0.15) is 42.7 Å². The van der Waals surface area contributed by atoms with Crippen LogP contribution in [0.4, 0.5) is 0 Å². The first kappa shape index (κ1) is 16.0. The molecule has 0 aromatic heterocycles. The lowest BCUT2D eigenvalue weighted by atomic mass is 9.95. The van der Waals surface area contributed by atoms with Crippen LogP contribution in [-0.2, 0) is 20.7 Å². The third-order valence-electron chi connectivity index (χ3n) is 4.99. The number of hydrogen-bond acceptors (Lipinski definition) is 3. The number of hydrogen-bond donors (Lipinski definition) is 1. The average molecular weight is 316 g/mol. The normalized spacial score (nSPS) is 24.0. The Hall–Kier alpha value is -1.88. The summed E-state index contributed by atoms with van der Waals surface area (Å²) in [5, 5.41) is 0. The lowest BCUT2D eigenvalue weighted by Gasteiger charge is -2.35. The monoisotopic (exact) mass is 316 g/mol. The molecule has 5 nitrogen and oxygen atoms in total. The lowest BCUT2D eigenvalue weighted by Crippen LogP contribution is -2.59. The first-order valence-electron chi connectivity index (χ1n) is 8.25. The highest BCUT2D eigenvalue weighted by Gasteiger charge is 2.48. The van der Waals surface area contributed by atoms with Crippen molar-refractivity contribution in [2.45, 2.75) is 43.6 Å². The van der Waals surface area contributed by atoms with Gasteiger partial charge in [-0.15, -0.1) is 0 Å². The molecule has 2 fully saturated rings. The van der Waals surface area contributed by atoms with Crippen molar-refractivity contribution in [2.24, 2.45) is 5.73 Å². The number of rotatable bonds is 6. The summed E-state index contributed by atoms with van der Waals surface area (Å²) in [5.41, 5.74) is 6.93. The molecule has 1 aliphatic heterocycles. The average Bonchev–Trinajstić information content (AvgIpc) is 3.28. The van der Waals surface area contributed by atoms with Gasteiger partial charge in [-0.25, -0.2) is 0 Å². The zero-order valence-corrected chi connectivity index (χ0v) is 13.6. The zero-order chi connectivity index (χ0) is 16.4. The molecule has 124 valence electrons. The fourth-order valence-corrected chi connectivity index (χ4v) is 3.60. The van der Waals surface area contributed by atoms with Crippen LogP contribution in [0.2, 0.25) is 0 Å². The molecule has 1 aromatic rings. The molecule has 1 saturated heterocycles. The van der Waals surface area contributed by atoms with Crippen molar-refractivity contribution in [3.8, 4) is 0 Å². The quantitative estimate of drug-likeness (QED) is 0.866. The van der Waals surface area contributed by atoms with Gasteiger partial charge in [0.1, 0.15) is 5.54 Å². The molecule has 2 amide bonds. The number of primary amides is 1. The molecule has 0 bridgehead atoms. The molecule has 2 aliphatic rings. The number of carbonyl (C=O) groups excluding carboxylic acids is 2. The smallest absolute Gasteiger partial charge is 0.245 e. The summed E-state index contributed by atoms with van der Waals surface area (Å²) in [5.74, 6) is 0.137. The second kappa shape index (κ2) is 6.32. The lowest BCUT2D eigenvalue weighted by molar-refractivity contribution is -0.146. The summed E-state index contributed by atoms with van der Waals surface area (Å²) in [6.45, 7) is 0.726. The molecule has 23 heavy (non-hydrogen) atoms. The van der Waals surface area contributed by atoms with E-state index in [0.29, 0.717) is 25.3 Å². The molecule has 2 N–H and O–H groups in total. The first-order chi connectivity index (χ1) is 11.1. The minimum atomic E-state index is -0.986. The molecule has 5 heteroatoms. The third kappa shape index (κ3) is 3.11. The molecule has 1 unspecified atom stereocenters. The topological polar surface area (TPSA) is 72.6 Å². The van der Waals surface area contributed by atoms with E-state index in [2.05, 4.69) is 12.1 Å². The van der Waals surface area contributed by atoms with Crippen LogP contribution in [-0.4, -0.2) is 42.5 Å². The highest BCUT2D eigenvalue weighted by Crippen LogP contribution is 2.40. The second-order valence-corrected chi connectivity index (χ2v) is 6.67. The predicted octanol–water partition coefficient (Wildman–Crippen LogP) is 1.60. The molecule has 0 radical (unpaired) electrons. The van der Waals surface area contributed by atoms with E-state index in [1.165, 1.54) is 25.5 Å². The molecule has 0 spiro atoms. The zero-order valence-electron chi connectivity index (χ0n) is 13.6. The summed E-state index contributed by atoms with van der Waals surface area (Å²) in [4.78, 5) is 26.4. The number of likely N-dealkylation sites (tertiary alicyclic amines) is 1. The van der Waals surface area contributed by atoms with Gasteiger partial charge >= 0.3 is 0 Å². The van der Waals surface area contributed by atoms with Crippen LogP contribution >= 0.6 is 0 Å². The summed E-state index contributed by atoms with van der Waals surface area (Å²) in [6, 6.07) is 8.23. The molecule has 3 rings (SSSR count). The number of ether oxygens (including phenoxy) is 1. The summed E-state index contributed by atoms with van der Waals surface area (Å²) >= 11 is 0. The Morgan fingerprint density at radius 2 is 2.17 bits per heavy atom. The molecule has 1 aliphatic carbocycles. The first-order valence-corrected chi connectivity index (χ1v) is 8.25. The largest absolute Gasteiger partial charge is 0.382 e. The van der Waals surface area contributed by atoms with Gasteiger partial charge in [0.2, 0.25) is 11.8 Å². The Bertz CT molecular complexity index is 612. The standard InChI is InChI=1S/C18H24N2O3/c1-23-12-18(17(19)22)8-3-9-20(18)16(21)11-13-4-2-5-15(10-13)14-6-7-14/h2,4-5,10,14H,3,6-9,11-12H2,1H3,(H2,19,22). The number of methoxy groups -OCH3 is 1. The van der Waals surface area contributed by atoms with Gasteiger partial charge in [-0.3, -0.25) is 9.59 Å². The number of amides is 2. The Labute approximate surface area is 136 Å². The number of nitrogens with two attached hydrogens (primary N) is 1. The number of nitrogens with zero attached hydrogens (tertiary/aromatic N) is 1. The summed E-state index contributed by atoms with van der Waals surface area (Å²) < 4.78 is 5.19. The minimum absolute atomic E-state index is 0.0497. The van der Waals surface area contributed by atoms with Crippen LogP contribution in [0.25, 0.3) is 0 Å². The Morgan fingerprint density at radius 1 is 1.39 bits per heavy atom. The van der Waals surface area contributed by atoms with Gasteiger partial charge in [0, 0.05) is 13.7 Å². The molecule has 1 aromatic carbocycles. The maximum Gasteiger partial charge on any atom is 0.245 e. The molecule has 1 atom stereocenters. The predicted molar refractivity (Wildman–Crippen MR) is 86.9 cm³/mol. The minimum Gasteiger partial charge on any atom is -0.382 e. The fourth-order valence-electron chi connectivity index (χ4n) is 3.60. The van der Waals surface area contributed by atoms with E-state index in [9.17, 15) is 9.59 Å². The van der Waals surface area contributed by atoms with Gasteiger partial charge in [-0.05, 0) is 42.7 Å². The van der Waals surface area contributed by atoms with Gasteiger partial charge in [-0.2, -0.15) is 0 Å². The second-order valence-electron chi connectivity index (χ2n) is 6.67. The van der Waals surface area contributed by atoms with Gasteiger partial charge in [-0.1, -0.05) is 24.3 Å². The maximum absolute atomic E-state index is 12.8. The van der Waals surface area contributed by atoms with E-state index in [0.717, 1.165) is 12.0 Å². The van der Waals surface area contributed by atoms with Crippen molar-refractivity contribution in [1.29, 1.82) is 0 Å². The van der Waals surface area contributed by atoms with Crippen LogP contribution < -0.4 is 5.73 Å². The number of carbonyl (C=O) groups is 2. The SMILES string of the molecule is COCC1(C(N)=O)CCCN1C(=O)Cc1cccc(C2CC2)c1. The Morgan fingerprint density at radius 3 is 2.83 bits per heavy atom. The summed E-state index contributed by atoms with van der Waals surface area (Å²) in [7, 11) is 1.53. The fraction of sp³-hybridized carbons (Fsp3) is 0.556. The van der Waals surface area contributed by atoms with Crippen LogP contribution in [0.15, 0.2) is 24.3 Å². The van der Waals surface area contributed by atoms with Crippen molar-refractivity contribution in [1.82, 2.24) is 4.90 Å². The maximum atomic E-state index is 12.8. The Balaban J connectivity index is 1.76. The van der Waals surface area contributed by atoms with E-state index >= 15 is 0 Å². The van der Waals surface area contributed by atoms with Crippen LogP contribution in [0.5, 0.6) is 0 Å². The molecule has 1 saturated carbocycles. The summed E-state index contributed by atoms with van der Waals surface area (Å²) in [6.07, 6.45) is 4.13. The third-order valence-corrected chi connectivity index (χ3v) is 4.99. The van der Waals surface area contributed by atoms with E-state index < -0.39 is 11.4 Å². The molecular weight excluding hydrogens is 292 g/mol. The van der Waals surface area contributed by atoms with Gasteiger partial charge < -0.3 is 15.4 Å². The van der Waals surface area contributed by atoms with Crippen molar-refractivity contribution in [3.63, 3.8) is 0 Å². The van der Waals surface area contributed by atoms with E-state index in [4.69, 9.17) is 10.5 Å². The van der Waals surface area contributed by atoms with Gasteiger partial charge in [0.05, 0.1) is 13.0 Å². The van der Waals surface area contributed by atoms with Gasteiger partial charge in [0.25, 0.3) is 0 Å². The van der Waals surface area contributed by atoms with Crippen LogP contribution in [0, 0.1) is 0 Å². The van der Waals surface area contributed by atoms with Crippen molar-refractivity contribution in [2.75, 3.05) is 20.3 Å². The van der Waals surface area contributed by atoms with E-state index in [-0.39, 0.29) is 12.5 Å². The van der Waals surface area contributed by atoms with Crippen molar-refractivity contribution >= 4 is 11.8 Å². The molecular formula is C18H24N2O3. The van der Waals surface area contributed by atoms with E-state index in [1.807, 2.05) is 12.1 Å². The highest BCUT2D eigenvalue weighted by molar-refractivity contribution is 5.92. The van der Waals surface area contributed by atoms with Gasteiger partial charge in [0.15, 0.2) is 0 Å². The number of benzene rings is 1. The highest BCUT2D eigenvalue weighted by atomic mass is 16.5.